The van der Waals surface area contributed by atoms with E-state index in [2.05, 4.69) is 14.7 Å². The molecule has 0 fully saturated rings. The van der Waals surface area contributed by atoms with Crippen LogP contribution >= 0.6 is 0 Å². The van der Waals surface area contributed by atoms with Gasteiger partial charge in [0, 0.05) is 29.8 Å². The third-order valence-corrected chi connectivity index (χ3v) is 2.87. The fourth-order valence-electron chi connectivity index (χ4n) is 1.93. The minimum Gasteiger partial charge on any atom is -0.481 e. The topological polar surface area (TPSA) is 70.3 Å². The Kier molecular flexibility index (Phi) is 4.99. The summed E-state index contributed by atoms with van der Waals surface area (Å²) >= 11 is 0. The molecular weight excluding hydrogens is 280 g/mol. The van der Waals surface area contributed by atoms with Crippen molar-refractivity contribution >= 4 is 0 Å². The summed E-state index contributed by atoms with van der Waals surface area (Å²) in [6.45, 7) is -2.89. The van der Waals surface area contributed by atoms with Gasteiger partial charge in [-0.05, 0) is 6.07 Å². The van der Waals surface area contributed by atoms with Gasteiger partial charge in [-0.1, -0.05) is 18.2 Å². The van der Waals surface area contributed by atoms with Crippen LogP contribution in [0.3, 0.4) is 0 Å². The zero-order valence-electron chi connectivity index (χ0n) is 11.4. The van der Waals surface area contributed by atoms with Crippen molar-refractivity contribution in [2.24, 2.45) is 5.73 Å². The van der Waals surface area contributed by atoms with Crippen LogP contribution in [-0.4, -0.2) is 23.7 Å². The summed E-state index contributed by atoms with van der Waals surface area (Å²) in [5.41, 5.74) is 7.22. The minimum atomic E-state index is -2.89. The van der Waals surface area contributed by atoms with E-state index in [0.29, 0.717) is 23.6 Å². The number of benzene rings is 1. The predicted molar refractivity (Wildman–Crippen MR) is 72.3 cm³/mol. The molecule has 2 N–H and O–H groups in total. The maximum Gasteiger partial charge on any atom is 0.387 e. The molecule has 0 aliphatic rings. The SMILES string of the molecule is COc1cc(CC(N)c2ccccc2OC(F)F)ncn1. The molecule has 0 saturated heterocycles. The van der Waals surface area contributed by atoms with Crippen LogP contribution in [0.2, 0.25) is 0 Å². The van der Waals surface area contributed by atoms with Gasteiger partial charge in [0.05, 0.1) is 7.11 Å². The van der Waals surface area contributed by atoms with Crippen molar-refractivity contribution in [1.82, 2.24) is 9.97 Å². The number of hydrogen-bond acceptors (Lipinski definition) is 5. The Balaban J connectivity index is 2.17. The van der Waals surface area contributed by atoms with Crippen molar-refractivity contribution in [1.29, 1.82) is 0 Å². The Morgan fingerprint density at radius 3 is 2.71 bits per heavy atom. The van der Waals surface area contributed by atoms with Crippen molar-refractivity contribution in [3.63, 3.8) is 0 Å². The van der Waals surface area contributed by atoms with Gasteiger partial charge in [-0.15, -0.1) is 0 Å². The Bertz CT molecular complexity index is 596. The van der Waals surface area contributed by atoms with Crippen LogP contribution in [0.5, 0.6) is 11.6 Å². The maximum absolute atomic E-state index is 12.4. The summed E-state index contributed by atoms with van der Waals surface area (Å²) in [4.78, 5) is 7.98. The van der Waals surface area contributed by atoms with Gasteiger partial charge in [0.25, 0.3) is 0 Å². The molecule has 2 rings (SSSR count). The van der Waals surface area contributed by atoms with E-state index >= 15 is 0 Å². The van der Waals surface area contributed by atoms with E-state index in [1.165, 1.54) is 19.5 Å². The van der Waals surface area contributed by atoms with Crippen LogP contribution < -0.4 is 15.2 Å². The number of methoxy groups -OCH3 is 1. The molecule has 1 atom stereocenters. The summed E-state index contributed by atoms with van der Waals surface area (Å²) in [5.74, 6) is 0.491. The molecule has 0 radical (unpaired) electrons. The van der Waals surface area contributed by atoms with Gasteiger partial charge in [0.15, 0.2) is 0 Å². The molecule has 2 aromatic rings. The van der Waals surface area contributed by atoms with Gasteiger partial charge >= 0.3 is 6.61 Å². The molecule has 0 aliphatic heterocycles. The minimum absolute atomic E-state index is 0.0704. The fraction of sp³-hybridized carbons (Fsp3) is 0.286. The molecule has 0 saturated carbocycles. The molecule has 1 heterocycles. The van der Waals surface area contributed by atoms with Crippen molar-refractivity contribution in [3.05, 3.63) is 47.9 Å². The van der Waals surface area contributed by atoms with Crippen LogP contribution in [-0.2, 0) is 6.42 Å². The van der Waals surface area contributed by atoms with E-state index in [1.54, 1.807) is 24.3 Å². The fourth-order valence-corrected chi connectivity index (χ4v) is 1.93. The molecule has 5 nitrogen and oxygen atoms in total. The second-order valence-corrected chi connectivity index (χ2v) is 4.28. The first-order chi connectivity index (χ1) is 10.1. The zero-order chi connectivity index (χ0) is 15.2. The number of nitrogens with zero attached hydrogens (tertiary/aromatic N) is 2. The Labute approximate surface area is 120 Å². The van der Waals surface area contributed by atoms with Crippen LogP contribution in [0.4, 0.5) is 8.78 Å². The first-order valence-electron chi connectivity index (χ1n) is 6.24. The predicted octanol–water partition coefficient (Wildman–Crippen LogP) is 2.33. The third kappa shape index (κ3) is 4.09. The number of aromatic nitrogens is 2. The lowest BCUT2D eigenvalue weighted by atomic mass is 10.0. The Hall–Kier alpha value is -2.28. The summed E-state index contributed by atoms with van der Waals surface area (Å²) in [5, 5.41) is 0. The molecule has 0 aliphatic carbocycles. The Morgan fingerprint density at radius 1 is 1.24 bits per heavy atom. The normalized spacial score (nSPS) is 12.2. The van der Waals surface area contributed by atoms with Gasteiger partial charge in [-0.3, -0.25) is 0 Å². The summed E-state index contributed by atoms with van der Waals surface area (Å²) in [6, 6.07) is 7.56. The van der Waals surface area contributed by atoms with Crippen molar-refractivity contribution < 1.29 is 18.3 Å². The number of halogens is 2. The molecular formula is C14H15F2N3O2. The lowest BCUT2D eigenvalue weighted by Crippen LogP contribution is -2.16. The lowest BCUT2D eigenvalue weighted by molar-refractivity contribution is -0.0506. The van der Waals surface area contributed by atoms with E-state index in [4.69, 9.17) is 10.5 Å². The van der Waals surface area contributed by atoms with Crippen LogP contribution in [0.25, 0.3) is 0 Å². The molecule has 112 valence electrons. The van der Waals surface area contributed by atoms with Gasteiger partial charge in [-0.25, -0.2) is 9.97 Å². The number of nitrogens with two attached hydrogens (primary N) is 1. The molecule has 0 spiro atoms. The van der Waals surface area contributed by atoms with Crippen LogP contribution in [0, 0.1) is 0 Å². The van der Waals surface area contributed by atoms with Gasteiger partial charge in [0.1, 0.15) is 12.1 Å². The highest BCUT2D eigenvalue weighted by molar-refractivity contribution is 5.36. The van der Waals surface area contributed by atoms with Crippen molar-refractivity contribution in [2.75, 3.05) is 7.11 Å². The van der Waals surface area contributed by atoms with E-state index in [-0.39, 0.29) is 5.75 Å². The second-order valence-electron chi connectivity index (χ2n) is 4.28. The molecule has 7 heteroatoms. The van der Waals surface area contributed by atoms with Gasteiger partial charge in [-0.2, -0.15) is 8.78 Å². The number of hydrogen-bond donors (Lipinski definition) is 1. The Morgan fingerprint density at radius 2 is 2.00 bits per heavy atom. The first-order valence-corrected chi connectivity index (χ1v) is 6.24. The largest absolute Gasteiger partial charge is 0.481 e. The monoisotopic (exact) mass is 295 g/mol. The lowest BCUT2D eigenvalue weighted by Gasteiger charge is -2.16. The number of rotatable bonds is 6. The summed E-state index contributed by atoms with van der Waals surface area (Å²) in [6.07, 6.45) is 1.71. The quantitative estimate of drug-likeness (QED) is 0.885. The third-order valence-electron chi connectivity index (χ3n) is 2.87. The van der Waals surface area contributed by atoms with E-state index in [1.807, 2.05) is 0 Å². The average molecular weight is 295 g/mol. The van der Waals surface area contributed by atoms with Gasteiger partial charge < -0.3 is 15.2 Å². The van der Waals surface area contributed by atoms with E-state index in [9.17, 15) is 8.78 Å². The smallest absolute Gasteiger partial charge is 0.387 e. The highest BCUT2D eigenvalue weighted by Gasteiger charge is 2.16. The number of para-hydroxylation sites is 1. The number of alkyl halides is 2. The first kappa shape index (κ1) is 15.1. The van der Waals surface area contributed by atoms with Crippen molar-refractivity contribution in [2.45, 2.75) is 19.1 Å². The highest BCUT2D eigenvalue weighted by atomic mass is 19.3. The standard InChI is InChI=1S/C14H15F2N3O2/c1-20-13-7-9(18-8-19-13)6-11(17)10-4-2-3-5-12(10)21-14(15)16/h2-5,7-8,11,14H,6,17H2,1H3. The van der Waals surface area contributed by atoms with Gasteiger partial charge in [0.2, 0.25) is 5.88 Å². The summed E-state index contributed by atoms with van der Waals surface area (Å²) in [7, 11) is 1.50. The summed E-state index contributed by atoms with van der Waals surface area (Å²) < 4.78 is 34.3. The van der Waals surface area contributed by atoms with E-state index < -0.39 is 12.7 Å². The molecule has 0 amide bonds. The molecule has 1 aromatic carbocycles. The van der Waals surface area contributed by atoms with Crippen LogP contribution in [0.15, 0.2) is 36.7 Å². The molecule has 1 unspecified atom stereocenters. The van der Waals surface area contributed by atoms with E-state index in [0.717, 1.165) is 0 Å². The molecule has 21 heavy (non-hydrogen) atoms. The second kappa shape index (κ2) is 6.94. The highest BCUT2D eigenvalue weighted by Crippen LogP contribution is 2.27. The average Bonchev–Trinajstić information content (AvgIpc) is 2.47. The number of ether oxygens (including phenoxy) is 2. The molecule has 0 bridgehead atoms. The van der Waals surface area contributed by atoms with Crippen molar-refractivity contribution in [3.8, 4) is 11.6 Å². The maximum atomic E-state index is 12.4. The molecule has 1 aromatic heterocycles. The zero-order valence-corrected chi connectivity index (χ0v) is 11.4. The van der Waals surface area contributed by atoms with Crippen LogP contribution in [0.1, 0.15) is 17.3 Å².